The number of anilines is 1. The Morgan fingerprint density at radius 2 is 2.32 bits per heavy atom. The lowest BCUT2D eigenvalue weighted by atomic mass is 10.0. The third-order valence-corrected chi connectivity index (χ3v) is 3.83. The minimum atomic E-state index is -0.113. The summed E-state index contributed by atoms with van der Waals surface area (Å²) in [5, 5.41) is 0.360. The monoisotopic (exact) mass is 282 g/mol. The maximum Gasteiger partial charge on any atom is 0.274 e. The van der Waals surface area contributed by atoms with Gasteiger partial charge >= 0.3 is 0 Å². The number of carbonyl (C=O) groups excluding carboxylic acids is 1. The number of nitrogen functional groups attached to an aromatic ring is 1. The first-order valence-electron chi connectivity index (χ1n) is 6.48. The van der Waals surface area contributed by atoms with Crippen molar-refractivity contribution in [3.63, 3.8) is 0 Å². The maximum absolute atomic E-state index is 12.6. The van der Waals surface area contributed by atoms with Crippen LogP contribution in [0.15, 0.2) is 12.1 Å². The summed E-state index contributed by atoms with van der Waals surface area (Å²) in [4.78, 5) is 18.6. The molecule has 0 aromatic carbocycles. The van der Waals surface area contributed by atoms with Crippen molar-refractivity contribution < 1.29 is 4.79 Å². The molecular formula is C13H19ClN4O. The molecule has 2 heterocycles. The van der Waals surface area contributed by atoms with Gasteiger partial charge in [-0.1, -0.05) is 25.4 Å². The van der Waals surface area contributed by atoms with Gasteiger partial charge in [0.15, 0.2) is 0 Å². The van der Waals surface area contributed by atoms with Crippen molar-refractivity contribution in [1.82, 2.24) is 9.88 Å². The molecule has 2 rings (SSSR count). The number of halogens is 1. The van der Waals surface area contributed by atoms with Gasteiger partial charge in [-0.2, -0.15) is 0 Å². The Morgan fingerprint density at radius 1 is 1.58 bits per heavy atom. The molecule has 1 aromatic rings. The molecule has 0 aliphatic carbocycles. The Morgan fingerprint density at radius 3 is 2.95 bits per heavy atom. The summed E-state index contributed by atoms with van der Waals surface area (Å²) in [6.45, 7) is 5.02. The van der Waals surface area contributed by atoms with Crippen molar-refractivity contribution in [2.24, 2.45) is 11.8 Å². The predicted molar refractivity (Wildman–Crippen MR) is 76.0 cm³/mol. The molecule has 6 heteroatoms. The first-order valence-corrected chi connectivity index (χ1v) is 6.86. The van der Waals surface area contributed by atoms with Crippen molar-refractivity contribution in [2.45, 2.75) is 32.7 Å². The lowest BCUT2D eigenvalue weighted by molar-refractivity contribution is 0.0696. The van der Waals surface area contributed by atoms with Crippen LogP contribution in [0.5, 0.6) is 0 Å². The highest BCUT2D eigenvalue weighted by molar-refractivity contribution is 6.33. The highest BCUT2D eigenvalue weighted by Crippen LogP contribution is 2.27. The molecule has 1 amide bonds. The average Bonchev–Trinajstić information content (AvgIpc) is 2.88. The van der Waals surface area contributed by atoms with E-state index in [0.29, 0.717) is 16.8 Å². The van der Waals surface area contributed by atoms with Gasteiger partial charge in [-0.15, -0.1) is 0 Å². The normalized spacial score (nSPS) is 19.0. The van der Waals surface area contributed by atoms with Gasteiger partial charge in [-0.05, 0) is 30.9 Å². The number of carbonyl (C=O) groups is 1. The largest absolute Gasteiger partial charge is 0.334 e. The molecular weight excluding hydrogens is 264 g/mol. The van der Waals surface area contributed by atoms with Gasteiger partial charge in [0, 0.05) is 12.6 Å². The van der Waals surface area contributed by atoms with Crippen LogP contribution in [0.25, 0.3) is 0 Å². The molecule has 1 aliphatic heterocycles. The van der Waals surface area contributed by atoms with E-state index in [9.17, 15) is 4.79 Å². The second-order valence-electron chi connectivity index (χ2n) is 5.12. The Balaban J connectivity index is 2.28. The van der Waals surface area contributed by atoms with Gasteiger partial charge in [-0.3, -0.25) is 4.79 Å². The topological polar surface area (TPSA) is 71.2 Å². The summed E-state index contributed by atoms with van der Waals surface area (Å²) in [5.41, 5.74) is 2.70. The molecule has 0 bridgehead atoms. The molecule has 1 unspecified atom stereocenters. The van der Waals surface area contributed by atoms with Crippen LogP contribution in [0.4, 0.5) is 5.82 Å². The minimum Gasteiger partial charge on any atom is -0.334 e. The number of nitrogens with zero attached hydrogens (tertiary/aromatic N) is 2. The standard InChI is InChI=1S/C13H19ClN4O/c1-8(2)10-4-3-7-18(10)13(19)12-9(14)5-6-11(16-12)17-15/h5-6,8,10H,3-4,7,15H2,1-2H3,(H,16,17). The number of amides is 1. The molecule has 1 fully saturated rings. The van der Waals surface area contributed by atoms with Gasteiger partial charge in [-0.25, -0.2) is 10.8 Å². The van der Waals surface area contributed by atoms with E-state index in [1.54, 1.807) is 12.1 Å². The van der Waals surface area contributed by atoms with Crippen LogP contribution in [0.2, 0.25) is 5.02 Å². The molecule has 0 saturated carbocycles. The summed E-state index contributed by atoms with van der Waals surface area (Å²) < 4.78 is 0. The molecule has 104 valence electrons. The fraction of sp³-hybridized carbons (Fsp3) is 0.538. The molecule has 1 aliphatic rings. The molecule has 5 nitrogen and oxygen atoms in total. The fourth-order valence-corrected chi connectivity index (χ4v) is 2.73. The molecule has 19 heavy (non-hydrogen) atoms. The number of aromatic nitrogens is 1. The van der Waals surface area contributed by atoms with E-state index in [4.69, 9.17) is 17.4 Å². The maximum atomic E-state index is 12.6. The zero-order valence-corrected chi connectivity index (χ0v) is 11.9. The van der Waals surface area contributed by atoms with Crippen molar-refractivity contribution in [2.75, 3.05) is 12.0 Å². The number of pyridine rings is 1. The van der Waals surface area contributed by atoms with E-state index in [-0.39, 0.29) is 17.6 Å². The highest BCUT2D eigenvalue weighted by Gasteiger charge is 2.32. The molecule has 1 saturated heterocycles. The number of rotatable bonds is 3. The summed E-state index contributed by atoms with van der Waals surface area (Å²) in [5.74, 6) is 6.07. The van der Waals surface area contributed by atoms with Crippen LogP contribution < -0.4 is 11.3 Å². The Kier molecular flexibility index (Phi) is 4.27. The number of hydrogen-bond acceptors (Lipinski definition) is 4. The van der Waals surface area contributed by atoms with Crippen molar-refractivity contribution in [1.29, 1.82) is 0 Å². The summed E-state index contributed by atoms with van der Waals surface area (Å²) in [6.07, 6.45) is 2.07. The molecule has 0 spiro atoms. The second kappa shape index (κ2) is 5.75. The predicted octanol–water partition coefficient (Wildman–Crippen LogP) is 2.28. The van der Waals surface area contributed by atoms with Crippen molar-refractivity contribution >= 4 is 23.3 Å². The average molecular weight is 283 g/mol. The van der Waals surface area contributed by atoms with Crippen LogP contribution in [-0.4, -0.2) is 28.4 Å². The zero-order valence-electron chi connectivity index (χ0n) is 11.2. The molecule has 1 aromatic heterocycles. The van der Waals surface area contributed by atoms with Gasteiger partial charge in [0.05, 0.1) is 5.02 Å². The number of hydrazine groups is 1. The lowest BCUT2D eigenvalue weighted by Gasteiger charge is -2.27. The SMILES string of the molecule is CC(C)C1CCCN1C(=O)c1nc(NN)ccc1Cl. The lowest BCUT2D eigenvalue weighted by Crippen LogP contribution is -2.39. The number of nitrogens with two attached hydrogens (primary N) is 1. The number of likely N-dealkylation sites (tertiary alicyclic amines) is 1. The van der Waals surface area contributed by atoms with Gasteiger partial charge in [0.25, 0.3) is 5.91 Å². The smallest absolute Gasteiger partial charge is 0.274 e. The summed E-state index contributed by atoms with van der Waals surface area (Å²) >= 11 is 6.08. The van der Waals surface area contributed by atoms with E-state index < -0.39 is 0 Å². The number of hydrogen-bond donors (Lipinski definition) is 2. The van der Waals surface area contributed by atoms with Crippen LogP contribution in [0.3, 0.4) is 0 Å². The Labute approximate surface area is 118 Å². The third kappa shape index (κ3) is 2.82. The van der Waals surface area contributed by atoms with Gasteiger partial charge < -0.3 is 10.3 Å². The van der Waals surface area contributed by atoms with Crippen LogP contribution in [-0.2, 0) is 0 Å². The first-order chi connectivity index (χ1) is 9.04. The molecule has 3 N–H and O–H groups in total. The number of nitrogens with one attached hydrogen (secondary N) is 1. The third-order valence-electron chi connectivity index (χ3n) is 3.53. The van der Waals surface area contributed by atoms with Gasteiger partial charge in [0.1, 0.15) is 11.5 Å². The fourth-order valence-electron chi connectivity index (χ4n) is 2.55. The van der Waals surface area contributed by atoms with E-state index in [1.807, 2.05) is 4.90 Å². The van der Waals surface area contributed by atoms with Crippen molar-refractivity contribution in [3.8, 4) is 0 Å². The highest BCUT2D eigenvalue weighted by atomic mass is 35.5. The van der Waals surface area contributed by atoms with E-state index >= 15 is 0 Å². The Bertz CT molecular complexity index is 478. The quantitative estimate of drug-likeness (QED) is 0.659. The summed E-state index contributed by atoms with van der Waals surface area (Å²) in [6, 6.07) is 3.54. The van der Waals surface area contributed by atoms with E-state index in [2.05, 4.69) is 24.3 Å². The zero-order chi connectivity index (χ0) is 14.0. The van der Waals surface area contributed by atoms with Crippen LogP contribution in [0.1, 0.15) is 37.2 Å². The second-order valence-corrected chi connectivity index (χ2v) is 5.53. The molecule has 0 radical (unpaired) electrons. The van der Waals surface area contributed by atoms with Crippen molar-refractivity contribution in [3.05, 3.63) is 22.8 Å². The Hall–Kier alpha value is -1.33. The minimum absolute atomic E-state index is 0.113. The van der Waals surface area contributed by atoms with E-state index in [1.165, 1.54) is 0 Å². The first kappa shape index (κ1) is 14.1. The van der Waals surface area contributed by atoms with Crippen LogP contribution >= 0.6 is 11.6 Å². The van der Waals surface area contributed by atoms with Gasteiger partial charge in [0.2, 0.25) is 0 Å². The summed E-state index contributed by atoms with van der Waals surface area (Å²) in [7, 11) is 0. The molecule has 1 atom stereocenters. The van der Waals surface area contributed by atoms with E-state index in [0.717, 1.165) is 19.4 Å². The van der Waals surface area contributed by atoms with Crippen LogP contribution in [0, 0.1) is 5.92 Å².